The number of hydrogen-bond donors (Lipinski definition) is 1. The van der Waals surface area contributed by atoms with Crippen LogP contribution >= 0.6 is 11.6 Å². The van der Waals surface area contributed by atoms with E-state index in [4.69, 9.17) is 16.7 Å². The molecule has 0 heterocycles. The van der Waals surface area contributed by atoms with Gasteiger partial charge in [0.1, 0.15) is 0 Å². The molecule has 0 radical (unpaired) electrons. The zero-order valence-corrected chi connectivity index (χ0v) is 20.0. The average molecular weight is 485 g/mol. The Morgan fingerprint density at radius 2 is 0.926 bits per heavy atom. The topological polar surface area (TPSA) is 37.3 Å². The molecule has 4 fully saturated rings. The van der Waals surface area contributed by atoms with Crippen LogP contribution in [0, 0.1) is 11.8 Å². The number of carbonyl (C=O) groups is 1. The Kier molecular flexibility index (Phi) is 23.9. The van der Waals surface area contributed by atoms with Gasteiger partial charge in [-0.1, -0.05) is 89.9 Å². The Balaban J connectivity index is 0. The van der Waals surface area contributed by atoms with Crippen molar-refractivity contribution in [2.45, 2.75) is 116 Å². The largest absolute Gasteiger partial charge is 0.481 e. The van der Waals surface area contributed by atoms with Gasteiger partial charge in [0.15, 0.2) is 0 Å². The summed E-state index contributed by atoms with van der Waals surface area (Å²) in [5.41, 5.74) is 0. The molecule has 0 bridgehead atoms. The first-order chi connectivity index (χ1) is 12.2. The molecular weight excluding hydrogens is 443 g/mol. The van der Waals surface area contributed by atoms with Crippen molar-refractivity contribution in [2.24, 2.45) is 11.8 Å². The summed E-state index contributed by atoms with van der Waals surface area (Å²) < 4.78 is 0. The van der Waals surface area contributed by atoms with Crippen LogP contribution in [0.4, 0.5) is 0 Å². The van der Waals surface area contributed by atoms with E-state index in [0.717, 1.165) is 37.5 Å². The van der Waals surface area contributed by atoms with E-state index in [1.807, 2.05) is 0 Å². The molecule has 0 aromatic carbocycles. The maximum atomic E-state index is 10.2. The molecule has 0 unspecified atom stereocenters. The van der Waals surface area contributed by atoms with Gasteiger partial charge >= 0.3 is 5.97 Å². The third kappa shape index (κ3) is 17.4. The molecule has 0 aromatic heterocycles. The van der Waals surface area contributed by atoms with E-state index in [2.05, 4.69) is 0 Å². The number of hydrogen-bond acceptors (Lipinski definition) is 1. The van der Waals surface area contributed by atoms with Crippen LogP contribution < -0.4 is 0 Å². The van der Waals surface area contributed by atoms with Gasteiger partial charge in [0.05, 0.1) is 5.92 Å². The van der Waals surface area contributed by atoms with Crippen LogP contribution in [0.15, 0.2) is 0 Å². The number of alkyl halides is 1. The minimum Gasteiger partial charge on any atom is -0.481 e. The average Bonchev–Trinajstić information content (AvgIpc) is 3.48. The molecular formula is C22H41ClFe2O2. The van der Waals surface area contributed by atoms with Crippen molar-refractivity contribution in [3.63, 3.8) is 0 Å². The molecule has 0 saturated heterocycles. The van der Waals surface area contributed by atoms with E-state index in [1.54, 1.807) is 0 Å². The van der Waals surface area contributed by atoms with Gasteiger partial charge in [-0.05, 0) is 31.6 Å². The van der Waals surface area contributed by atoms with Crippen molar-refractivity contribution in [1.82, 2.24) is 0 Å². The smallest absolute Gasteiger partial charge is 0.306 e. The molecule has 164 valence electrons. The third-order valence-corrected chi connectivity index (χ3v) is 6.33. The molecule has 0 aliphatic heterocycles. The standard InChI is InChI=1S/C6H11Cl.C6H10O2.2C5H10.2Fe/c7-5-6-3-1-2-4-6;7-6(8)5-3-1-2-4-5;2*1-2-4-5-3-1;;/h6H,1-5H2;5H,1-4H2,(H,7,8);2*1-5H2;;. The van der Waals surface area contributed by atoms with Crippen LogP contribution in [0.25, 0.3) is 0 Å². The molecule has 0 amide bonds. The molecule has 4 aliphatic carbocycles. The van der Waals surface area contributed by atoms with Crippen LogP contribution in [0.5, 0.6) is 0 Å². The van der Waals surface area contributed by atoms with Gasteiger partial charge < -0.3 is 5.11 Å². The molecule has 5 heteroatoms. The van der Waals surface area contributed by atoms with E-state index in [-0.39, 0.29) is 40.1 Å². The fourth-order valence-corrected chi connectivity index (χ4v) is 4.41. The van der Waals surface area contributed by atoms with Gasteiger partial charge in [0, 0.05) is 40.0 Å². The van der Waals surface area contributed by atoms with Crippen LogP contribution in [0.2, 0.25) is 0 Å². The number of carboxylic acid groups (broad SMARTS) is 1. The fraction of sp³-hybridized carbons (Fsp3) is 0.955. The van der Waals surface area contributed by atoms with Gasteiger partial charge in [0.2, 0.25) is 0 Å². The van der Waals surface area contributed by atoms with Crippen LogP contribution in [0.3, 0.4) is 0 Å². The van der Waals surface area contributed by atoms with Gasteiger partial charge in [0.25, 0.3) is 0 Å². The van der Waals surface area contributed by atoms with Crippen molar-refractivity contribution in [2.75, 3.05) is 5.88 Å². The summed E-state index contributed by atoms with van der Waals surface area (Å²) in [4.78, 5) is 10.2. The van der Waals surface area contributed by atoms with Gasteiger partial charge in [-0.25, -0.2) is 0 Å². The van der Waals surface area contributed by atoms with Crippen molar-refractivity contribution in [3.05, 3.63) is 0 Å². The summed E-state index contributed by atoms with van der Waals surface area (Å²) in [5.74, 6) is 1.12. The second-order valence-electron chi connectivity index (χ2n) is 8.16. The number of halogens is 1. The zero-order chi connectivity index (χ0) is 18.2. The molecule has 2 nitrogen and oxygen atoms in total. The fourth-order valence-electron chi connectivity index (χ4n) is 4.11. The van der Waals surface area contributed by atoms with Gasteiger partial charge in [-0.3, -0.25) is 4.79 Å². The molecule has 0 atom stereocenters. The van der Waals surface area contributed by atoms with Gasteiger partial charge in [-0.15, -0.1) is 11.6 Å². The predicted octanol–water partition coefficient (Wildman–Crippen LogP) is 7.57. The van der Waals surface area contributed by atoms with E-state index >= 15 is 0 Å². The van der Waals surface area contributed by atoms with Crippen LogP contribution in [-0.2, 0) is 38.9 Å². The minimum atomic E-state index is -0.609. The van der Waals surface area contributed by atoms with Crippen molar-refractivity contribution < 1.29 is 44.0 Å². The molecule has 4 rings (SSSR count). The van der Waals surface area contributed by atoms with Crippen molar-refractivity contribution in [3.8, 4) is 0 Å². The number of aliphatic carboxylic acids is 1. The number of rotatable bonds is 2. The summed E-state index contributed by atoms with van der Waals surface area (Å²) >= 11 is 5.61. The summed E-state index contributed by atoms with van der Waals surface area (Å²) in [6, 6.07) is 0. The molecule has 27 heavy (non-hydrogen) atoms. The first-order valence-corrected chi connectivity index (χ1v) is 11.6. The quantitative estimate of drug-likeness (QED) is 0.324. The molecule has 0 spiro atoms. The van der Waals surface area contributed by atoms with E-state index in [0.29, 0.717) is 0 Å². The summed E-state index contributed by atoms with van der Waals surface area (Å²) in [6.07, 6.45) is 24.6. The Bertz CT molecular complexity index is 284. The van der Waals surface area contributed by atoms with Gasteiger partial charge in [-0.2, -0.15) is 0 Å². The Hall–Kier alpha value is 0.799. The van der Waals surface area contributed by atoms with E-state index in [1.165, 1.54) is 89.9 Å². The van der Waals surface area contributed by atoms with Crippen LogP contribution in [-0.4, -0.2) is 17.0 Å². The Morgan fingerprint density at radius 3 is 1.11 bits per heavy atom. The monoisotopic (exact) mass is 484 g/mol. The second-order valence-corrected chi connectivity index (χ2v) is 8.47. The van der Waals surface area contributed by atoms with E-state index < -0.39 is 5.97 Å². The second kappa shape index (κ2) is 21.5. The van der Waals surface area contributed by atoms with Crippen molar-refractivity contribution in [1.29, 1.82) is 0 Å². The molecule has 4 saturated carbocycles. The summed E-state index contributed by atoms with van der Waals surface area (Å²) in [5, 5.41) is 8.41. The summed E-state index contributed by atoms with van der Waals surface area (Å²) in [7, 11) is 0. The molecule has 4 aliphatic rings. The minimum absolute atomic E-state index is 0. The van der Waals surface area contributed by atoms with E-state index in [9.17, 15) is 4.79 Å². The summed E-state index contributed by atoms with van der Waals surface area (Å²) in [6.45, 7) is 0. The first-order valence-electron chi connectivity index (χ1n) is 11.0. The molecule has 0 aromatic rings. The van der Waals surface area contributed by atoms with Crippen molar-refractivity contribution >= 4 is 17.6 Å². The number of carboxylic acids is 1. The SMILES string of the molecule is C1CCCC1.C1CCCC1.ClCC1CCCC1.O=C(O)C1CCCC1.[Fe].[Fe]. The Labute approximate surface area is 194 Å². The maximum Gasteiger partial charge on any atom is 0.306 e. The zero-order valence-electron chi connectivity index (χ0n) is 17.0. The third-order valence-electron chi connectivity index (χ3n) is 5.90. The first kappa shape index (κ1) is 30.0. The van der Waals surface area contributed by atoms with Crippen LogP contribution in [0.1, 0.15) is 116 Å². The normalized spacial score (nSPS) is 21.4. The maximum absolute atomic E-state index is 10.2. The predicted molar refractivity (Wildman–Crippen MR) is 108 cm³/mol. The Morgan fingerprint density at radius 1 is 0.630 bits per heavy atom. The molecule has 1 N–H and O–H groups in total.